The molecular weight excluding hydrogens is 373 g/mol. The van der Waals surface area contributed by atoms with E-state index in [1.807, 2.05) is 29.2 Å². The second-order valence-corrected chi connectivity index (χ2v) is 6.84. The molecule has 0 spiro atoms. The first-order valence-corrected chi connectivity index (χ1v) is 8.33. The molecule has 2 rings (SSSR count). The van der Waals surface area contributed by atoms with E-state index in [2.05, 4.69) is 15.9 Å². The van der Waals surface area contributed by atoms with Gasteiger partial charge in [0.05, 0.1) is 12.5 Å². The molecule has 1 aromatic rings. The molecule has 1 saturated heterocycles. The van der Waals surface area contributed by atoms with Crippen LogP contribution in [0, 0.1) is 5.92 Å². The van der Waals surface area contributed by atoms with E-state index in [1.165, 1.54) is 4.90 Å². The number of nitrogens with zero attached hydrogens (tertiary/aromatic N) is 2. The number of likely N-dealkylation sites (tertiary alicyclic amines) is 1. The molecule has 0 bridgehead atoms. The summed E-state index contributed by atoms with van der Waals surface area (Å²) in [7, 11) is 1.79. The lowest BCUT2D eigenvalue weighted by Crippen LogP contribution is -2.47. The zero-order valence-corrected chi connectivity index (χ0v) is 14.5. The molecule has 1 amide bonds. The van der Waals surface area contributed by atoms with Crippen LogP contribution in [0.15, 0.2) is 28.7 Å². The lowest BCUT2D eigenvalue weighted by atomic mass is 9.97. The quantitative estimate of drug-likeness (QED) is 0.779. The van der Waals surface area contributed by atoms with Crippen LogP contribution < -0.4 is 0 Å². The summed E-state index contributed by atoms with van der Waals surface area (Å²) in [5.41, 5.74) is 1.04. The Bertz CT molecular complexity index is 550. The fraction of sp³-hybridized carbons (Fsp3) is 0.562. The first kappa shape index (κ1) is 18.3. The number of piperidine rings is 1. The molecule has 23 heavy (non-hydrogen) atoms. The van der Waals surface area contributed by atoms with E-state index in [0.29, 0.717) is 19.5 Å². The average Bonchev–Trinajstić information content (AvgIpc) is 2.49. The Morgan fingerprint density at radius 2 is 2.09 bits per heavy atom. The maximum Gasteiger partial charge on any atom is 0.393 e. The normalized spacial score (nSPS) is 19.2. The highest BCUT2D eigenvalue weighted by atomic mass is 79.9. The molecule has 1 unspecified atom stereocenters. The van der Waals surface area contributed by atoms with Crippen molar-refractivity contribution >= 4 is 21.8 Å². The highest BCUT2D eigenvalue weighted by Crippen LogP contribution is 2.33. The summed E-state index contributed by atoms with van der Waals surface area (Å²) in [5.74, 6) is -1.64. The minimum Gasteiger partial charge on any atom is -0.341 e. The molecule has 0 aliphatic carbocycles. The van der Waals surface area contributed by atoms with Gasteiger partial charge in [0, 0.05) is 24.1 Å². The van der Waals surface area contributed by atoms with Crippen LogP contribution in [0.25, 0.3) is 0 Å². The highest BCUT2D eigenvalue weighted by molar-refractivity contribution is 9.10. The van der Waals surface area contributed by atoms with Gasteiger partial charge in [-0.25, -0.2) is 0 Å². The van der Waals surface area contributed by atoms with Gasteiger partial charge in [-0.05, 0) is 31.5 Å². The number of halogens is 4. The predicted octanol–water partition coefficient (Wildman–Crippen LogP) is 3.68. The lowest BCUT2D eigenvalue weighted by molar-refractivity contribution is -0.188. The Morgan fingerprint density at radius 3 is 2.74 bits per heavy atom. The summed E-state index contributed by atoms with van der Waals surface area (Å²) >= 11 is 3.45. The lowest BCUT2D eigenvalue weighted by Gasteiger charge is -2.34. The van der Waals surface area contributed by atoms with Crippen LogP contribution in [0.4, 0.5) is 13.2 Å². The molecule has 0 radical (unpaired) electrons. The Hall–Kier alpha value is -1.08. The number of hydrogen-bond donors (Lipinski definition) is 0. The van der Waals surface area contributed by atoms with Crippen molar-refractivity contribution in [1.82, 2.24) is 9.80 Å². The van der Waals surface area contributed by atoms with Crippen LogP contribution in [0.3, 0.4) is 0 Å². The molecular formula is C16H20BrF3N2O. The Balaban J connectivity index is 1.89. The van der Waals surface area contributed by atoms with Crippen LogP contribution in [-0.2, 0) is 11.3 Å². The summed E-state index contributed by atoms with van der Waals surface area (Å²) < 4.78 is 39.4. The van der Waals surface area contributed by atoms with Gasteiger partial charge in [-0.2, -0.15) is 13.2 Å². The maximum absolute atomic E-state index is 12.8. The van der Waals surface area contributed by atoms with E-state index in [-0.39, 0.29) is 25.4 Å². The first-order valence-electron chi connectivity index (χ1n) is 7.54. The van der Waals surface area contributed by atoms with Gasteiger partial charge in [-0.3, -0.25) is 9.69 Å². The van der Waals surface area contributed by atoms with Crippen molar-refractivity contribution in [3.63, 3.8) is 0 Å². The molecule has 1 atom stereocenters. The molecule has 3 nitrogen and oxygen atoms in total. The molecule has 1 aliphatic rings. The zero-order valence-electron chi connectivity index (χ0n) is 12.9. The second kappa shape index (κ2) is 7.66. The van der Waals surface area contributed by atoms with Gasteiger partial charge in [-0.15, -0.1) is 0 Å². The van der Waals surface area contributed by atoms with Crippen molar-refractivity contribution in [2.45, 2.75) is 25.6 Å². The molecule has 7 heteroatoms. The van der Waals surface area contributed by atoms with Gasteiger partial charge < -0.3 is 4.90 Å². The van der Waals surface area contributed by atoms with E-state index in [0.717, 1.165) is 10.0 Å². The van der Waals surface area contributed by atoms with Crippen LogP contribution in [0.1, 0.15) is 18.4 Å². The standard InChI is InChI=1S/C16H20BrF3N2O/c1-21(9-12-5-2-3-7-14(12)17)11-15(23)22-8-4-6-13(10-22)16(18,19)20/h2-3,5,7,13H,4,6,8-11H2,1H3. The third kappa shape index (κ3) is 5.21. The number of amides is 1. The van der Waals surface area contributed by atoms with E-state index in [4.69, 9.17) is 0 Å². The summed E-state index contributed by atoms with van der Waals surface area (Å²) in [4.78, 5) is 15.4. The van der Waals surface area contributed by atoms with Gasteiger partial charge in [-0.1, -0.05) is 34.1 Å². The van der Waals surface area contributed by atoms with E-state index in [1.54, 1.807) is 7.05 Å². The Morgan fingerprint density at radius 1 is 1.39 bits per heavy atom. The van der Waals surface area contributed by atoms with Crippen LogP contribution in [0.5, 0.6) is 0 Å². The number of carbonyl (C=O) groups excluding carboxylic acids is 1. The zero-order chi connectivity index (χ0) is 17.0. The number of alkyl halides is 3. The van der Waals surface area contributed by atoms with Gasteiger partial charge in [0.15, 0.2) is 0 Å². The van der Waals surface area contributed by atoms with E-state index >= 15 is 0 Å². The number of hydrogen-bond acceptors (Lipinski definition) is 2. The fourth-order valence-electron chi connectivity index (χ4n) is 2.78. The molecule has 1 heterocycles. The summed E-state index contributed by atoms with van der Waals surface area (Å²) in [6.07, 6.45) is -3.70. The smallest absolute Gasteiger partial charge is 0.341 e. The van der Waals surface area contributed by atoms with Gasteiger partial charge in [0.1, 0.15) is 0 Å². The predicted molar refractivity (Wildman–Crippen MR) is 85.8 cm³/mol. The molecule has 1 aliphatic heterocycles. The SMILES string of the molecule is CN(CC(=O)N1CCCC(C(F)(F)F)C1)Cc1ccccc1Br. The van der Waals surface area contributed by atoms with Crippen molar-refractivity contribution in [3.05, 3.63) is 34.3 Å². The molecule has 1 aromatic carbocycles. The number of rotatable bonds is 4. The average molecular weight is 393 g/mol. The minimum atomic E-state index is -4.22. The van der Waals surface area contributed by atoms with Gasteiger partial charge >= 0.3 is 6.18 Å². The molecule has 128 valence electrons. The second-order valence-electron chi connectivity index (χ2n) is 5.98. The van der Waals surface area contributed by atoms with E-state index < -0.39 is 12.1 Å². The fourth-order valence-corrected chi connectivity index (χ4v) is 3.19. The Labute approximate surface area is 142 Å². The minimum absolute atomic E-state index is 0.111. The largest absolute Gasteiger partial charge is 0.393 e. The third-order valence-corrected chi connectivity index (χ3v) is 4.81. The van der Waals surface area contributed by atoms with Crippen molar-refractivity contribution < 1.29 is 18.0 Å². The van der Waals surface area contributed by atoms with Gasteiger partial charge in [0.25, 0.3) is 0 Å². The molecule has 1 fully saturated rings. The van der Waals surface area contributed by atoms with Crippen molar-refractivity contribution in [2.24, 2.45) is 5.92 Å². The van der Waals surface area contributed by atoms with E-state index in [9.17, 15) is 18.0 Å². The Kier molecular flexibility index (Phi) is 6.08. The summed E-state index contributed by atoms with van der Waals surface area (Å²) in [6.45, 7) is 0.870. The highest BCUT2D eigenvalue weighted by Gasteiger charge is 2.42. The number of carbonyl (C=O) groups is 1. The topological polar surface area (TPSA) is 23.6 Å². The van der Waals surface area contributed by atoms with Crippen molar-refractivity contribution in [1.29, 1.82) is 0 Å². The number of benzene rings is 1. The molecule has 0 aromatic heterocycles. The van der Waals surface area contributed by atoms with Crippen molar-refractivity contribution in [2.75, 3.05) is 26.7 Å². The molecule has 0 N–H and O–H groups in total. The first-order chi connectivity index (χ1) is 10.8. The monoisotopic (exact) mass is 392 g/mol. The van der Waals surface area contributed by atoms with Gasteiger partial charge in [0.2, 0.25) is 5.91 Å². The van der Waals surface area contributed by atoms with Crippen LogP contribution in [-0.4, -0.2) is 48.6 Å². The summed E-state index contributed by atoms with van der Waals surface area (Å²) in [5, 5.41) is 0. The number of likely N-dealkylation sites (N-methyl/N-ethyl adjacent to an activating group) is 1. The third-order valence-electron chi connectivity index (χ3n) is 4.04. The molecule has 0 saturated carbocycles. The van der Waals surface area contributed by atoms with Crippen molar-refractivity contribution in [3.8, 4) is 0 Å². The summed E-state index contributed by atoms with van der Waals surface area (Å²) in [6, 6.07) is 7.69. The van der Waals surface area contributed by atoms with Crippen LogP contribution >= 0.6 is 15.9 Å². The maximum atomic E-state index is 12.8. The van der Waals surface area contributed by atoms with Crippen LogP contribution in [0.2, 0.25) is 0 Å².